The molecule has 0 heterocycles. The Morgan fingerprint density at radius 3 is 2.48 bits per heavy atom. The Labute approximate surface area is 123 Å². The summed E-state index contributed by atoms with van der Waals surface area (Å²) in [5.41, 5.74) is 6.57. The van der Waals surface area contributed by atoms with Crippen LogP contribution in [0.2, 0.25) is 5.02 Å². The van der Waals surface area contributed by atoms with E-state index >= 15 is 0 Å². The van der Waals surface area contributed by atoms with E-state index in [1.165, 1.54) is 30.3 Å². The lowest BCUT2D eigenvalue weighted by Crippen LogP contribution is -2.17. The molecule has 0 aliphatic heterocycles. The first kappa shape index (κ1) is 15.5. The van der Waals surface area contributed by atoms with Crippen LogP contribution >= 0.6 is 11.6 Å². The Hall–Kier alpha value is -1.92. The van der Waals surface area contributed by atoms with Crippen molar-refractivity contribution in [1.29, 1.82) is 0 Å². The minimum Gasteiger partial charge on any atom is -0.406 e. The molecule has 1 unspecified atom stereocenters. The molecule has 3 N–H and O–H groups in total. The van der Waals surface area contributed by atoms with Gasteiger partial charge in [0.15, 0.2) is 0 Å². The molecule has 0 fully saturated rings. The predicted molar refractivity (Wildman–Crippen MR) is 73.1 cm³/mol. The summed E-state index contributed by atoms with van der Waals surface area (Å²) in [4.78, 5) is 0. The van der Waals surface area contributed by atoms with Crippen LogP contribution in [0.5, 0.6) is 5.75 Å². The number of rotatable bonds is 3. The molecule has 1 atom stereocenters. The van der Waals surface area contributed by atoms with Crippen LogP contribution in [-0.4, -0.2) is 11.5 Å². The summed E-state index contributed by atoms with van der Waals surface area (Å²) in [6, 6.07) is 9.58. The van der Waals surface area contributed by atoms with E-state index in [9.17, 15) is 18.3 Å². The van der Waals surface area contributed by atoms with Gasteiger partial charge in [0.2, 0.25) is 0 Å². The van der Waals surface area contributed by atoms with Crippen LogP contribution in [0.15, 0.2) is 42.5 Å². The Morgan fingerprint density at radius 1 is 1.14 bits per heavy atom. The third-order valence-corrected chi connectivity index (χ3v) is 2.99. The molecule has 0 aliphatic carbocycles. The van der Waals surface area contributed by atoms with Gasteiger partial charge in [-0.15, -0.1) is 13.2 Å². The molecule has 0 aliphatic rings. The van der Waals surface area contributed by atoms with Gasteiger partial charge in [-0.05, 0) is 29.8 Å². The minimum absolute atomic E-state index is 0.228. The second kappa shape index (κ2) is 5.83. The minimum atomic E-state index is -4.79. The van der Waals surface area contributed by atoms with Crippen molar-refractivity contribution in [3.05, 3.63) is 58.6 Å². The van der Waals surface area contributed by atoms with Gasteiger partial charge in [-0.1, -0.05) is 29.8 Å². The van der Waals surface area contributed by atoms with Crippen molar-refractivity contribution in [3.8, 4) is 5.75 Å². The maximum absolute atomic E-state index is 12.2. The lowest BCUT2D eigenvalue weighted by atomic mass is 10.00. The summed E-state index contributed by atoms with van der Waals surface area (Å²) in [5, 5.41) is 10.6. The first-order valence-electron chi connectivity index (χ1n) is 5.85. The molecule has 0 saturated heterocycles. The van der Waals surface area contributed by atoms with Crippen LogP contribution in [0.25, 0.3) is 0 Å². The summed E-state index contributed by atoms with van der Waals surface area (Å²) in [6.07, 6.45) is -5.97. The zero-order chi connectivity index (χ0) is 15.6. The van der Waals surface area contributed by atoms with Crippen LogP contribution in [0.1, 0.15) is 17.2 Å². The lowest BCUT2D eigenvalue weighted by Gasteiger charge is -2.16. The van der Waals surface area contributed by atoms with Crippen LogP contribution < -0.4 is 10.5 Å². The molecule has 21 heavy (non-hydrogen) atoms. The van der Waals surface area contributed by atoms with Crippen molar-refractivity contribution < 1.29 is 23.0 Å². The van der Waals surface area contributed by atoms with Gasteiger partial charge in [-0.3, -0.25) is 0 Å². The second-order valence-electron chi connectivity index (χ2n) is 4.30. The average Bonchev–Trinajstić information content (AvgIpc) is 2.36. The number of halogens is 4. The van der Waals surface area contributed by atoms with Crippen molar-refractivity contribution in [2.24, 2.45) is 0 Å². The van der Waals surface area contributed by atoms with Gasteiger partial charge in [0.25, 0.3) is 0 Å². The normalized spacial score (nSPS) is 13.0. The van der Waals surface area contributed by atoms with Crippen LogP contribution in [0.4, 0.5) is 18.9 Å². The van der Waals surface area contributed by atoms with E-state index in [2.05, 4.69) is 4.74 Å². The molecule has 3 nitrogen and oxygen atoms in total. The standard InChI is InChI=1S/C14H11ClF3NO2/c15-9-4-5-11(12(19)7-9)13(20)8-2-1-3-10(6-8)21-14(16,17)18/h1-7,13,20H,19H2. The number of anilines is 1. The van der Waals surface area contributed by atoms with Crippen molar-refractivity contribution in [3.63, 3.8) is 0 Å². The van der Waals surface area contributed by atoms with Crippen molar-refractivity contribution >= 4 is 17.3 Å². The van der Waals surface area contributed by atoms with Gasteiger partial charge in [-0.2, -0.15) is 0 Å². The largest absolute Gasteiger partial charge is 0.573 e. The Balaban J connectivity index is 2.31. The second-order valence-corrected chi connectivity index (χ2v) is 4.73. The number of nitrogens with two attached hydrogens (primary N) is 1. The number of hydrogen-bond donors (Lipinski definition) is 2. The molecular formula is C14H11ClF3NO2. The fraction of sp³-hybridized carbons (Fsp3) is 0.143. The molecule has 112 valence electrons. The average molecular weight is 318 g/mol. The van der Waals surface area contributed by atoms with E-state index in [0.717, 1.165) is 12.1 Å². The topological polar surface area (TPSA) is 55.5 Å². The maximum Gasteiger partial charge on any atom is 0.573 e. The van der Waals surface area contributed by atoms with Crippen molar-refractivity contribution in [1.82, 2.24) is 0 Å². The monoisotopic (exact) mass is 317 g/mol. The SMILES string of the molecule is Nc1cc(Cl)ccc1C(O)c1cccc(OC(F)(F)F)c1. The lowest BCUT2D eigenvalue weighted by molar-refractivity contribution is -0.274. The molecular weight excluding hydrogens is 307 g/mol. The molecule has 2 rings (SSSR count). The summed E-state index contributed by atoms with van der Waals surface area (Å²) in [7, 11) is 0. The van der Waals surface area contributed by atoms with Gasteiger partial charge in [0, 0.05) is 16.3 Å². The van der Waals surface area contributed by atoms with Gasteiger partial charge in [0.05, 0.1) is 0 Å². The van der Waals surface area contributed by atoms with Crippen LogP contribution in [0.3, 0.4) is 0 Å². The Morgan fingerprint density at radius 2 is 1.86 bits per heavy atom. The van der Waals surface area contributed by atoms with E-state index in [0.29, 0.717) is 10.6 Å². The number of benzene rings is 2. The number of nitrogen functional groups attached to an aromatic ring is 1. The Kier molecular flexibility index (Phi) is 4.29. The van der Waals surface area contributed by atoms with Crippen LogP contribution in [0, 0.1) is 0 Å². The highest BCUT2D eigenvalue weighted by Gasteiger charge is 2.31. The highest BCUT2D eigenvalue weighted by Crippen LogP contribution is 2.31. The summed E-state index contributed by atoms with van der Waals surface area (Å²) in [6.45, 7) is 0. The molecule has 0 spiro atoms. The molecule has 7 heteroatoms. The van der Waals surface area contributed by atoms with Gasteiger partial charge >= 0.3 is 6.36 Å². The third-order valence-electron chi connectivity index (χ3n) is 2.75. The van der Waals surface area contributed by atoms with Gasteiger partial charge in [-0.25, -0.2) is 0 Å². The van der Waals surface area contributed by atoms with E-state index in [-0.39, 0.29) is 11.3 Å². The number of hydrogen-bond acceptors (Lipinski definition) is 3. The summed E-state index contributed by atoms with van der Waals surface area (Å²) >= 11 is 5.76. The van der Waals surface area contributed by atoms with Crippen LogP contribution in [-0.2, 0) is 0 Å². The molecule has 0 saturated carbocycles. The number of aliphatic hydroxyl groups excluding tert-OH is 1. The summed E-state index contributed by atoms with van der Waals surface area (Å²) < 4.78 is 40.4. The molecule has 2 aromatic rings. The zero-order valence-electron chi connectivity index (χ0n) is 10.6. The number of ether oxygens (including phenoxy) is 1. The molecule has 0 radical (unpaired) electrons. The zero-order valence-corrected chi connectivity index (χ0v) is 11.3. The highest BCUT2D eigenvalue weighted by atomic mass is 35.5. The highest BCUT2D eigenvalue weighted by molar-refractivity contribution is 6.30. The fourth-order valence-corrected chi connectivity index (χ4v) is 2.04. The number of aliphatic hydroxyl groups is 1. The van der Waals surface area contributed by atoms with E-state index < -0.39 is 18.2 Å². The third kappa shape index (κ3) is 4.03. The first-order chi connectivity index (χ1) is 9.76. The molecule has 0 aromatic heterocycles. The molecule has 0 amide bonds. The van der Waals surface area contributed by atoms with Crippen molar-refractivity contribution in [2.45, 2.75) is 12.5 Å². The van der Waals surface area contributed by atoms with E-state index in [1.54, 1.807) is 0 Å². The van der Waals surface area contributed by atoms with E-state index in [1.807, 2.05) is 0 Å². The maximum atomic E-state index is 12.2. The van der Waals surface area contributed by atoms with E-state index in [4.69, 9.17) is 17.3 Å². The molecule has 0 bridgehead atoms. The van der Waals surface area contributed by atoms with Gasteiger partial charge < -0.3 is 15.6 Å². The molecule has 2 aromatic carbocycles. The smallest absolute Gasteiger partial charge is 0.406 e. The number of alkyl halides is 3. The predicted octanol–water partition coefficient (Wildman–Crippen LogP) is 3.90. The quantitative estimate of drug-likeness (QED) is 0.844. The fourth-order valence-electron chi connectivity index (χ4n) is 1.86. The van der Waals surface area contributed by atoms with Crippen molar-refractivity contribution in [2.75, 3.05) is 5.73 Å². The first-order valence-corrected chi connectivity index (χ1v) is 6.23. The Bertz CT molecular complexity index is 646. The summed E-state index contributed by atoms with van der Waals surface area (Å²) in [5.74, 6) is -0.411. The van der Waals surface area contributed by atoms with Gasteiger partial charge in [0.1, 0.15) is 11.9 Å².